The van der Waals surface area contributed by atoms with Gasteiger partial charge in [-0.05, 0) is 49.4 Å². The summed E-state index contributed by atoms with van der Waals surface area (Å²) in [5.41, 5.74) is 2.62. The first-order valence-electron chi connectivity index (χ1n) is 6.71. The maximum Gasteiger partial charge on any atom is 0.134 e. The first kappa shape index (κ1) is 14.1. The molecule has 3 aromatic rings. The van der Waals surface area contributed by atoms with Crippen molar-refractivity contribution in [3.05, 3.63) is 70.2 Å². The number of nitrogens with one attached hydrogen (secondary N) is 1. The molecule has 0 radical (unpaired) electrons. The Bertz CT molecular complexity index is 797. The Kier molecular flexibility index (Phi) is 3.70. The zero-order valence-corrected chi connectivity index (χ0v) is 12.5. The molecule has 1 atom stereocenters. The number of halogens is 2. The Morgan fingerprint density at radius 3 is 2.76 bits per heavy atom. The molecule has 2 aromatic carbocycles. The summed E-state index contributed by atoms with van der Waals surface area (Å²) in [4.78, 5) is 0. The van der Waals surface area contributed by atoms with Crippen molar-refractivity contribution >= 4 is 22.6 Å². The van der Waals surface area contributed by atoms with E-state index in [-0.39, 0.29) is 11.9 Å². The molecular formula is C17H15ClFNO. The van der Waals surface area contributed by atoms with Crippen LogP contribution in [0.4, 0.5) is 4.39 Å². The fourth-order valence-corrected chi connectivity index (χ4v) is 2.76. The van der Waals surface area contributed by atoms with Crippen LogP contribution in [0, 0.1) is 12.7 Å². The largest absolute Gasteiger partial charge is 0.459 e. The van der Waals surface area contributed by atoms with E-state index in [1.54, 1.807) is 6.07 Å². The van der Waals surface area contributed by atoms with Crippen molar-refractivity contribution in [2.45, 2.75) is 13.0 Å². The molecule has 3 rings (SSSR count). The molecule has 1 N–H and O–H groups in total. The molecule has 1 heterocycles. The van der Waals surface area contributed by atoms with Crippen molar-refractivity contribution < 1.29 is 8.81 Å². The summed E-state index contributed by atoms with van der Waals surface area (Å²) in [7, 11) is 1.84. The Hall–Kier alpha value is -1.84. The minimum Gasteiger partial charge on any atom is -0.459 e. The molecule has 0 amide bonds. The SMILES string of the molecule is CNC(c1cc2cc(F)ccc2o1)c1cccc(C)c1Cl. The molecule has 4 heteroatoms. The predicted octanol–water partition coefficient (Wildman–Crippen LogP) is 4.84. The molecule has 2 nitrogen and oxygen atoms in total. The van der Waals surface area contributed by atoms with E-state index in [1.807, 2.05) is 38.2 Å². The Morgan fingerprint density at radius 1 is 1.19 bits per heavy atom. The number of fused-ring (bicyclic) bond motifs is 1. The quantitative estimate of drug-likeness (QED) is 0.749. The summed E-state index contributed by atoms with van der Waals surface area (Å²) in [6.07, 6.45) is 0. The fraction of sp³-hybridized carbons (Fsp3) is 0.176. The molecule has 1 unspecified atom stereocenters. The molecule has 0 saturated carbocycles. The molecule has 0 spiro atoms. The smallest absolute Gasteiger partial charge is 0.134 e. The summed E-state index contributed by atoms with van der Waals surface area (Å²) < 4.78 is 19.1. The van der Waals surface area contributed by atoms with Gasteiger partial charge < -0.3 is 9.73 Å². The molecule has 0 aliphatic heterocycles. The summed E-state index contributed by atoms with van der Waals surface area (Å²) in [5, 5.41) is 4.66. The Balaban J connectivity index is 2.11. The highest BCUT2D eigenvalue weighted by molar-refractivity contribution is 6.32. The second kappa shape index (κ2) is 5.51. The lowest BCUT2D eigenvalue weighted by Crippen LogP contribution is -2.17. The van der Waals surface area contributed by atoms with Gasteiger partial charge in [0.15, 0.2) is 0 Å². The van der Waals surface area contributed by atoms with E-state index in [9.17, 15) is 4.39 Å². The van der Waals surface area contributed by atoms with Gasteiger partial charge in [-0.1, -0.05) is 29.8 Å². The number of rotatable bonds is 3. The average Bonchev–Trinajstić information content (AvgIpc) is 2.87. The van der Waals surface area contributed by atoms with Gasteiger partial charge in [0.2, 0.25) is 0 Å². The van der Waals surface area contributed by atoms with Gasteiger partial charge in [0.05, 0.1) is 6.04 Å². The Labute approximate surface area is 127 Å². The first-order valence-corrected chi connectivity index (χ1v) is 7.09. The van der Waals surface area contributed by atoms with Gasteiger partial charge >= 0.3 is 0 Å². The molecule has 1 aromatic heterocycles. The van der Waals surface area contributed by atoms with Crippen LogP contribution in [0.15, 0.2) is 46.9 Å². The highest BCUT2D eigenvalue weighted by atomic mass is 35.5. The molecule has 0 fully saturated rings. The number of benzene rings is 2. The van der Waals surface area contributed by atoms with Crippen LogP contribution in [0.1, 0.15) is 22.9 Å². The average molecular weight is 304 g/mol. The van der Waals surface area contributed by atoms with Crippen molar-refractivity contribution in [2.75, 3.05) is 7.05 Å². The lowest BCUT2D eigenvalue weighted by Gasteiger charge is -2.16. The topological polar surface area (TPSA) is 25.2 Å². The number of hydrogen-bond donors (Lipinski definition) is 1. The second-order valence-electron chi connectivity index (χ2n) is 5.03. The van der Waals surface area contributed by atoms with Crippen molar-refractivity contribution in [1.82, 2.24) is 5.32 Å². The zero-order valence-electron chi connectivity index (χ0n) is 11.8. The number of furan rings is 1. The van der Waals surface area contributed by atoms with Crippen LogP contribution in [0.3, 0.4) is 0 Å². The maximum atomic E-state index is 13.3. The predicted molar refractivity (Wildman–Crippen MR) is 83.3 cm³/mol. The van der Waals surface area contributed by atoms with Crippen LogP contribution in [-0.4, -0.2) is 7.05 Å². The maximum absolute atomic E-state index is 13.3. The third-order valence-corrected chi connectivity index (χ3v) is 4.12. The van der Waals surface area contributed by atoms with Crippen LogP contribution in [0.2, 0.25) is 5.02 Å². The molecule has 0 aliphatic carbocycles. The van der Waals surface area contributed by atoms with Crippen LogP contribution >= 0.6 is 11.6 Å². The minimum atomic E-state index is -0.274. The van der Waals surface area contributed by atoms with Gasteiger partial charge in [0.1, 0.15) is 17.2 Å². The summed E-state index contributed by atoms with van der Waals surface area (Å²) in [6.45, 7) is 1.96. The molecule has 21 heavy (non-hydrogen) atoms. The standard InChI is InChI=1S/C17H15ClFNO/c1-10-4-3-5-13(16(10)18)17(20-2)15-9-11-8-12(19)6-7-14(11)21-15/h3-9,17,20H,1-2H3. The molecule has 0 aliphatic rings. The highest BCUT2D eigenvalue weighted by Gasteiger charge is 2.20. The zero-order chi connectivity index (χ0) is 15.0. The third kappa shape index (κ3) is 2.55. The third-order valence-electron chi connectivity index (χ3n) is 3.60. The van der Waals surface area contributed by atoms with Crippen molar-refractivity contribution in [3.8, 4) is 0 Å². The van der Waals surface area contributed by atoms with Gasteiger partial charge in [-0.3, -0.25) is 0 Å². The molecular weight excluding hydrogens is 289 g/mol. The van der Waals surface area contributed by atoms with Crippen molar-refractivity contribution in [3.63, 3.8) is 0 Å². The highest BCUT2D eigenvalue weighted by Crippen LogP contribution is 2.33. The lowest BCUT2D eigenvalue weighted by molar-refractivity contribution is 0.491. The second-order valence-corrected chi connectivity index (χ2v) is 5.41. The summed E-state index contributed by atoms with van der Waals surface area (Å²) >= 11 is 6.40. The molecule has 0 bridgehead atoms. The van der Waals surface area contributed by atoms with E-state index in [4.69, 9.17) is 16.0 Å². The normalized spacial score (nSPS) is 12.8. The summed E-state index contributed by atoms with van der Waals surface area (Å²) in [6, 6.07) is 12.1. The number of aryl methyl sites for hydroxylation is 1. The van der Waals surface area contributed by atoms with E-state index in [2.05, 4.69) is 5.32 Å². The molecule has 108 valence electrons. The first-order chi connectivity index (χ1) is 10.1. The van der Waals surface area contributed by atoms with Crippen LogP contribution in [0.5, 0.6) is 0 Å². The van der Waals surface area contributed by atoms with Gasteiger partial charge in [0, 0.05) is 10.4 Å². The number of hydrogen-bond acceptors (Lipinski definition) is 2. The van der Waals surface area contributed by atoms with Crippen molar-refractivity contribution in [2.24, 2.45) is 0 Å². The van der Waals surface area contributed by atoms with E-state index in [0.717, 1.165) is 16.5 Å². The van der Waals surface area contributed by atoms with E-state index in [0.29, 0.717) is 16.4 Å². The van der Waals surface area contributed by atoms with Crippen LogP contribution < -0.4 is 5.32 Å². The van der Waals surface area contributed by atoms with Gasteiger partial charge in [-0.2, -0.15) is 0 Å². The Morgan fingerprint density at radius 2 is 2.00 bits per heavy atom. The lowest BCUT2D eigenvalue weighted by atomic mass is 10.0. The monoisotopic (exact) mass is 303 g/mol. The van der Waals surface area contributed by atoms with Gasteiger partial charge in [-0.25, -0.2) is 4.39 Å². The van der Waals surface area contributed by atoms with E-state index in [1.165, 1.54) is 12.1 Å². The van der Waals surface area contributed by atoms with Crippen LogP contribution in [-0.2, 0) is 0 Å². The fourth-order valence-electron chi connectivity index (χ4n) is 2.52. The van der Waals surface area contributed by atoms with E-state index < -0.39 is 0 Å². The molecule has 0 saturated heterocycles. The van der Waals surface area contributed by atoms with Gasteiger partial charge in [0.25, 0.3) is 0 Å². The minimum absolute atomic E-state index is 0.173. The van der Waals surface area contributed by atoms with E-state index >= 15 is 0 Å². The summed E-state index contributed by atoms with van der Waals surface area (Å²) in [5.74, 6) is 0.440. The van der Waals surface area contributed by atoms with Crippen molar-refractivity contribution in [1.29, 1.82) is 0 Å². The van der Waals surface area contributed by atoms with Gasteiger partial charge in [-0.15, -0.1) is 0 Å². The van der Waals surface area contributed by atoms with Crippen LogP contribution in [0.25, 0.3) is 11.0 Å².